The average Bonchev–Trinajstić information content (AvgIpc) is 4.01. The Morgan fingerprint density at radius 3 is 2.15 bits per heavy atom. The molecule has 280 valence electrons. The highest BCUT2D eigenvalue weighted by atomic mass is 16.7. The smallest absolute Gasteiger partial charge is 0.338 e. The van der Waals surface area contributed by atoms with E-state index in [2.05, 4.69) is 0 Å². The van der Waals surface area contributed by atoms with E-state index in [0.717, 1.165) is 0 Å². The predicted octanol–water partition coefficient (Wildman–Crippen LogP) is 1.20. The lowest BCUT2D eigenvalue weighted by molar-refractivity contribution is -0.202. The maximum absolute atomic E-state index is 14.5. The van der Waals surface area contributed by atoms with Crippen LogP contribution in [0.1, 0.15) is 66.2 Å². The van der Waals surface area contributed by atoms with Gasteiger partial charge in [0, 0.05) is 34.6 Å². The summed E-state index contributed by atoms with van der Waals surface area (Å²) >= 11 is 0. The molecule has 0 aromatic rings. The molecule has 10 aliphatic rings. The second-order valence-corrected chi connectivity index (χ2v) is 17.5. The predicted molar refractivity (Wildman–Crippen MR) is 173 cm³/mol. The van der Waals surface area contributed by atoms with Crippen LogP contribution < -0.4 is 0 Å². The van der Waals surface area contributed by atoms with E-state index in [-0.39, 0.29) is 84.9 Å². The minimum Gasteiger partial charge on any atom is -0.461 e. The lowest BCUT2D eigenvalue weighted by atomic mass is 9.42. The van der Waals surface area contributed by atoms with E-state index < -0.39 is 87.5 Å². The Kier molecular flexibility index (Phi) is 6.15. The highest BCUT2D eigenvalue weighted by Gasteiger charge is 2.87. The molecule has 10 rings (SSSR count). The molecule has 5 fully saturated rings. The van der Waals surface area contributed by atoms with Crippen LogP contribution in [0.2, 0.25) is 0 Å². The Labute approximate surface area is 303 Å². The fourth-order valence-electron chi connectivity index (χ4n) is 13.0. The molecule has 3 heterocycles. The van der Waals surface area contributed by atoms with Crippen LogP contribution in [0.25, 0.3) is 0 Å². The molecule has 53 heavy (non-hydrogen) atoms. The van der Waals surface area contributed by atoms with Gasteiger partial charge in [-0.2, -0.15) is 0 Å². The first kappa shape index (κ1) is 33.4. The summed E-state index contributed by atoms with van der Waals surface area (Å²) < 4.78 is 28.6. The standard InChI is InChI=1S/C39H40O14/c1-15-7-27(42)51-14-37(47)22-8-19(22)34(3)23(37)10-18-17(13-50-26(41)6-5-25(40)49-12-15)32(44)52-38(18)24(34)11-36(46)21-9-20(21)35(4)30(36)29(38)28-16(2)31(43)53-39(28,48)33(35)45/h7,19-24,46-48H,5-6,8-14H2,1-4H3/b15-7-/t19-,20+,21-,22-,23+,24-,34-,35-,36-,37-,38-,39-/m0/s1. The first-order chi connectivity index (χ1) is 24.9. The lowest BCUT2D eigenvalue weighted by Crippen LogP contribution is -2.68. The third-order valence-corrected chi connectivity index (χ3v) is 15.3. The maximum atomic E-state index is 14.5. The molecule has 12 atom stereocenters. The van der Waals surface area contributed by atoms with Crippen molar-refractivity contribution in [3.8, 4) is 0 Å². The van der Waals surface area contributed by atoms with E-state index in [4.69, 9.17) is 23.7 Å². The summed E-state index contributed by atoms with van der Waals surface area (Å²) in [6.45, 7) is 5.55. The average molecular weight is 733 g/mol. The van der Waals surface area contributed by atoms with Crippen molar-refractivity contribution in [3.05, 3.63) is 45.1 Å². The van der Waals surface area contributed by atoms with Gasteiger partial charge < -0.3 is 39.0 Å². The molecule has 3 aliphatic heterocycles. The number of carbonyl (C=O) groups is 6. The van der Waals surface area contributed by atoms with Crippen LogP contribution in [0.3, 0.4) is 0 Å². The van der Waals surface area contributed by atoms with E-state index >= 15 is 0 Å². The molecule has 0 radical (unpaired) electrons. The van der Waals surface area contributed by atoms with Crippen LogP contribution in [0.4, 0.5) is 0 Å². The molecular weight excluding hydrogens is 692 g/mol. The Bertz CT molecular complexity index is 2070. The number of hydrogen-bond donors (Lipinski definition) is 3. The zero-order valence-electron chi connectivity index (χ0n) is 29.7. The van der Waals surface area contributed by atoms with Gasteiger partial charge in [0.2, 0.25) is 5.78 Å². The van der Waals surface area contributed by atoms with Crippen molar-refractivity contribution in [2.24, 2.45) is 46.3 Å². The molecule has 0 saturated heterocycles. The van der Waals surface area contributed by atoms with Crippen molar-refractivity contribution < 1.29 is 67.8 Å². The van der Waals surface area contributed by atoms with Crippen LogP contribution in [0.15, 0.2) is 45.1 Å². The van der Waals surface area contributed by atoms with E-state index in [1.54, 1.807) is 13.8 Å². The summed E-state index contributed by atoms with van der Waals surface area (Å²) in [5.74, 6) is -10.0. The molecule has 7 aliphatic carbocycles. The number of Topliss-reactive ketones (excluding diaryl/α,β-unsaturated/α-hetero) is 1. The van der Waals surface area contributed by atoms with Gasteiger partial charge in [-0.05, 0) is 92.3 Å². The summed E-state index contributed by atoms with van der Waals surface area (Å²) in [6, 6.07) is 0. The van der Waals surface area contributed by atoms with Crippen molar-refractivity contribution in [1.82, 2.24) is 0 Å². The zero-order chi connectivity index (χ0) is 37.6. The van der Waals surface area contributed by atoms with Crippen LogP contribution in [-0.4, -0.2) is 93.4 Å². The number of ketones is 1. The van der Waals surface area contributed by atoms with Crippen LogP contribution in [0, 0.1) is 46.3 Å². The Hall–Kier alpha value is -4.14. The number of esters is 5. The van der Waals surface area contributed by atoms with Gasteiger partial charge in [0.05, 0.1) is 29.4 Å². The van der Waals surface area contributed by atoms with Gasteiger partial charge in [0.25, 0.3) is 5.79 Å². The Morgan fingerprint density at radius 1 is 0.755 bits per heavy atom. The number of hydrogen-bond acceptors (Lipinski definition) is 14. The number of fused-ring (bicyclic) bond motifs is 9. The first-order valence-corrected chi connectivity index (χ1v) is 18.4. The molecular formula is C39H40O14. The molecule has 0 aromatic heterocycles. The largest absolute Gasteiger partial charge is 0.461 e. The number of ether oxygens (including phenoxy) is 5. The van der Waals surface area contributed by atoms with Gasteiger partial charge in [-0.3, -0.25) is 14.4 Å². The maximum Gasteiger partial charge on any atom is 0.338 e. The van der Waals surface area contributed by atoms with Crippen molar-refractivity contribution in [1.29, 1.82) is 0 Å². The molecule has 0 unspecified atom stereocenters. The lowest BCUT2D eigenvalue weighted by Gasteiger charge is -2.63. The third kappa shape index (κ3) is 3.66. The molecule has 2 bridgehead atoms. The SMILES string of the molecule is CC1=C2C3=C4[C@@](C)(C(=O)[C@@]2(O)OC1=O)[C@@H]1C[C@@H]1[C@@]4(O)C[C@@H]1[C@]32OC(=O)C3=C2C[C@H]2[C@](O)(COC(=O)/C=C(/C)COC(=O)CCC(=O)OC3)[C@H]3C[C@@H]3[C@]12C. The highest BCUT2D eigenvalue weighted by Crippen LogP contribution is 2.84. The van der Waals surface area contributed by atoms with Crippen molar-refractivity contribution in [2.45, 2.75) is 88.8 Å². The number of rotatable bonds is 0. The summed E-state index contributed by atoms with van der Waals surface area (Å²) in [6.07, 6.45) is 1.63. The van der Waals surface area contributed by atoms with Gasteiger partial charge in [-0.15, -0.1) is 0 Å². The van der Waals surface area contributed by atoms with E-state index in [1.807, 2.05) is 6.92 Å². The minimum absolute atomic E-state index is 0.0140. The number of aliphatic hydroxyl groups is 3. The Morgan fingerprint density at radius 2 is 1.43 bits per heavy atom. The topological polar surface area (TPSA) is 209 Å². The van der Waals surface area contributed by atoms with Gasteiger partial charge in [-0.25, -0.2) is 14.4 Å². The van der Waals surface area contributed by atoms with Crippen molar-refractivity contribution >= 4 is 35.6 Å². The van der Waals surface area contributed by atoms with Gasteiger partial charge in [0.15, 0.2) is 5.60 Å². The van der Waals surface area contributed by atoms with Crippen LogP contribution in [-0.2, 0) is 52.5 Å². The van der Waals surface area contributed by atoms with E-state index in [9.17, 15) is 44.1 Å². The van der Waals surface area contributed by atoms with Crippen molar-refractivity contribution in [3.63, 3.8) is 0 Å². The molecule has 14 nitrogen and oxygen atoms in total. The number of cyclic esters (lactones) is 3. The monoisotopic (exact) mass is 732 g/mol. The second kappa shape index (κ2) is 9.74. The molecule has 14 heteroatoms. The molecule has 1 spiro atoms. The number of carbonyl (C=O) groups excluding carboxylic acids is 6. The quantitative estimate of drug-likeness (QED) is 0.236. The highest BCUT2D eigenvalue weighted by molar-refractivity contribution is 6.10. The molecule has 0 amide bonds. The van der Waals surface area contributed by atoms with Crippen molar-refractivity contribution in [2.75, 3.05) is 19.8 Å². The van der Waals surface area contributed by atoms with Gasteiger partial charge in [-0.1, -0.05) is 6.92 Å². The third-order valence-electron chi connectivity index (χ3n) is 15.3. The molecule has 3 N–H and O–H groups in total. The summed E-state index contributed by atoms with van der Waals surface area (Å²) in [7, 11) is 0. The molecule has 0 aromatic carbocycles. The van der Waals surface area contributed by atoms with Gasteiger partial charge >= 0.3 is 29.8 Å². The van der Waals surface area contributed by atoms with Crippen LogP contribution in [0.5, 0.6) is 0 Å². The normalized spacial score (nSPS) is 50.3. The molecule has 5 saturated carbocycles. The second-order valence-electron chi connectivity index (χ2n) is 17.5. The summed E-state index contributed by atoms with van der Waals surface area (Å²) in [4.78, 5) is 80.6. The first-order valence-electron chi connectivity index (χ1n) is 18.4. The van der Waals surface area contributed by atoms with Gasteiger partial charge in [0.1, 0.15) is 25.4 Å². The van der Waals surface area contributed by atoms with E-state index in [1.165, 1.54) is 13.0 Å². The summed E-state index contributed by atoms with van der Waals surface area (Å²) in [5, 5.41) is 38.0. The summed E-state index contributed by atoms with van der Waals surface area (Å²) in [5.41, 5.74) is -6.19. The fourth-order valence-corrected chi connectivity index (χ4v) is 13.0. The van der Waals surface area contributed by atoms with Crippen LogP contribution >= 0.6 is 0 Å². The minimum atomic E-state index is -2.70. The fraction of sp³-hybridized carbons (Fsp3) is 0.641. The Balaban J connectivity index is 1.21. The van der Waals surface area contributed by atoms with E-state index in [0.29, 0.717) is 29.6 Å². The zero-order valence-corrected chi connectivity index (χ0v) is 29.7.